The van der Waals surface area contributed by atoms with E-state index in [1.165, 1.54) is 0 Å². The van der Waals surface area contributed by atoms with Crippen LogP contribution in [0.3, 0.4) is 0 Å². The van der Waals surface area contributed by atoms with Gasteiger partial charge in [-0.05, 0) is 0 Å². The molecular weight excluding hydrogens is 260 g/mol. The van der Waals surface area contributed by atoms with Crippen LogP contribution >= 0.6 is 0 Å². The average molecular weight is 266 g/mol. The molecule has 5 heteroatoms. The average Bonchev–Trinajstić information content (AvgIpc) is 0. The zero-order valence-corrected chi connectivity index (χ0v) is 9.95. The van der Waals surface area contributed by atoms with Crippen molar-refractivity contribution in [1.29, 1.82) is 0 Å². The molecule has 0 amide bonds. The number of rotatable bonds is 0. The first-order chi connectivity index (χ1) is 0. The molecule has 6 N–H and O–H groups in total. The Kier molecular flexibility index (Phi) is 337. The molecule has 0 atom stereocenters. The van der Waals surface area contributed by atoms with Crippen molar-refractivity contribution in [2.24, 2.45) is 0 Å². The minimum absolute atomic E-state index is 0. The summed E-state index contributed by atoms with van der Waals surface area (Å²) in [5.41, 5.74) is 0. The first-order valence-electron chi connectivity index (χ1n) is 0. The van der Waals surface area contributed by atoms with Gasteiger partial charge in [0.2, 0.25) is 0 Å². The Hall–Kier alpha value is 2.42. The summed E-state index contributed by atoms with van der Waals surface area (Å²) in [6.45, 7) is 0. The molecule has 0 aliphatic rings. The Morgan fingerprint density at radius 3 is 0.600 bits per heavy atom. The molecule has 0 radical (unpaired) electrons. The van der Waals surface area contributed by atoms with Gasteiger partial charge in [-0.1, -0.05) is 0 Å². The molecule has 0 aliphatic heterocycles. The summed E-state index contributed by atoms with van der Waals surface area (Å²) in [4.78, 5) is 0. The smallest absolute Gasteiger partial charge is 1.00 e. The first-order valence-corrected chi connectivity index (χ1v) is 0. The third-order valence-corrected chi connectivity index (χ3v) is 0. The van der Waals surface area contributed by atoms with E-state index in [0.29, 0.717) is 0 Å². The topological polar surface area (TPSA) is 94.5 Å². The second-order valence-corrected chi connectivity index (χ2v) is 0. The minimum Gasteiger partial charge on any atom is -1.00 e. The normalized spacial score (nSPS) is 0. The Labute approximate surface area is 96.2 Å². The number of hydrogen-bond acceptors (Lipinski definition) is 0. The molecule has 5 heavy (non-hydrogen) atoms. The van der Waals surface area contributed by atoms with Crippen molar-refractivity contribution in [2.75, 3.05) is 0 Å². The quantitative estimate of drug-likeness (QED) is 0.389. The zero-order chi connectivity index (χ0) is 0. The predicted molar refractivity (Wildman–Crippen MR) is 10.8 cm³/mol. The van der Waals surface area contributed by atoms with Gasteiger partial charge < -0.3 is 40.4 Å². The van der Waals surface area contributed by atoms with Gasteiger partial charge in [0.15, 0.2) is 0 Å². The van der Waals surface area contributed by atoms with Crippen molar-refractivity contribution in [3.05, 3.63) is 0 Å². The fourth-order valence-electron chi connectivity index (χ4n) is 0. The predicted octanol–water partition coefficient (Wildman–Crippen LogP) is -8.47. The molecule has 0 bridgehead atoms. The molecule has 0 heterocycles. The van der Waals surface area contributed by atoms with Crippen molar-refractivity contribution in [3.63, 3.8) is 0 Å². The molecule has 0 unspecified atom stereocenters. The summed E-state index contributed by atoms with van der Waals surface area (Å²) in [6.07, 6.45) is 0. The van der Waals surface area contributed by atoms with Gasteiger partial charge in [-0.25, -0.2) is 0 Å². The van der Waals surface area contributed by atoms with Crippen LogP contribution in [0.25, 0.3) is 0 Å². The molecule has 0 aliphatic carbocycles. The summed E-state index contributed by atoms with van der Waals surface area (Å²) in [7, 11) is 0. The monoisotopic (exact) mass is 266 g/mol. The summed E-state index contributed by atoms with van der Waals surface area (Å²) < 4.78 is 0. The van der Waals surface area contributed by atoms with Crippen molar-refractivity contribution >= 4 is 0 Å². The summed E-state index contributed by atoms with van der Waals surface area (Å²) in [5.74, 6) is 0. The minimum atomic E-state index is 0. The van der Waals surface area contributed by atoms with Gasteiger partial charge in [0.1, 0.15) is 0 Å². The number of halogens is 1. The van der Waals surface area contributed by atoms with E-state index in [1.807, 2.05) is 0 Å². The van der Waals surface area contributed by atoms with Crippen molar-refractivity contribution < 1.29 is 98.6 Å². The second kappa shape index (κ2) is 32.3. The van der Waals surface area contributed by atoms with Gasteiger partial charge in [-0.3, -0.25) is 0 Å². The van der Waals surface area contributed by atoms with Crippen LogP contribution in [-0.4, -0.2) is 16.4 Å². The van der Waals surface area contributed by atoms with Gasteiger partial charge in [0, 0.05) is 0 Å². The van der Waals surface area contributed by atoms with Gasteiger partial charge >= 0.3 is 58.2 Å². The molecule has 0 aromatic heterocycles. The second-order valence-electron chi connectivity index (χ2n) is 0. The van der Waals surface area contributed by atoms with Crippen LogP contribution in [-0.2, 0) is 0 Å². The summed E-state index contributed by atoms with van der Waals surface area (Å²) in [6, 6.07) is 0. The maximum absolute atomic E-state index is 0. The molecule has 0 aromatic carbocycles. The van der Waals surface area contributed by atoms with Crippen LogP contribution in [0.2, 0.25) is 0 Å². The third kappa shape index (κ3) is 21.4. The Balaban J connectivity index is 0. The molecular formula is H6IO3Rb. The van der Waals surface area contributed by atoms with E-state index in [-0.39, 0.29) is 98.6 Å². The maximum atomic E-state index is 0. The molecule has 32 valence electrons. The molecule has 0 saturated heterocycles. The van der Waals surface area contributed by atoms with Gasteiger partial charge in [0.25, 0.3) is 0 Å². The van der Waals surface area contributed by atoms with E-state index in [1.54, 1.807) is 0 Å². The molecule has 0 spiro atoms. The van der Waals surface area contributed by atoms with Crippen LogP contribution in [0.5, 0.6) is 0 Å². The largest absolute Gasteiger partial charge is 1.00 e. The Bertz CT molecular complexity index is 6.85. The standard InChI is InChI=1S/HI.3H2O.Rb/h1H;3*1H2;/q;;;;+1/p-1. The van der Waals surface area contributed by atoms with Crippen LogP contribution < -0.4 is 82.2 Å². The maximum Gasteiger partial charge on any atom is 1.00 e. The van der Waals surface area contributed by atoms with Crippen LogP contribution in [0.15, 0.2) is 0 Å². The summed E-state index contributed by atoms with van der Waals surface area (Å²) in [5, 5.41) is 0. The zero-order valence-electron chi connectivity index (χ0n) is 2.88. The van der Waals surface area contributed by atoms with Crippen LogP contribution in [0.1, 0.15) is 0 Å². The van der Waals surface area contributed by atoms with Crippen LogP contribution in [0, 0.1) is 0 Å². The van der Waals surface area contributed by atoms with E-state index in [2.05, 4.69) is 0 Å². The molecule has 0 saturated carbocycles. The molecule has 0 fully saturated rings. The third-order valence-electron chi connectivity index (χ3n) is 0. The van der Waals surface area contributed by atoms with E-state index in [9.17, 15) is 0 Å². The fourth-order valence-corrected chi connectivity index (χ4v) is 0. The fraction of sp³-hybridized carbons (Fsp3) is 0. The Morgan fingerprint density at radius 1 is 0.600 bits per heavy atom. The van der Waals surface area contributed by atoms with Gasteiger partial charge in [0.05, 0.1) is 0 Å². The van der Waals surface area contributed by atoms with E-state index >= 15 is 0 Å². The first kappa shape index (κ1) is 52.3. The van der Waals surface area contributed by atoms with E-state index in [0.717, 1.165) is 0 Å². The van der Waals surface area contributed by atoms with E-state index < -0.39 is 0 Å². The van der Waals surface area contributed by atoms with E-state index in [4.69, 9.17) is 0 Å². The molecule has 0 rings (SSSR count). The molecule has 0 aromatic rings. The van der Waals surface area contributed by atoms with Gasteiger partial charge in [-0.15, -0.1) is 0 Å². The van der Waals surface area contributed by atoms with Crippen molar-refractivity contribution in [2.45, 2.75) is 0 Å². The van der Waals surface area contributed by atoms with Crippen molar-refractivity contribution in [1.82, 2.24) is 0 Å². The summed E-state index contributed by atoms with van der Waals surface area (Å²) >= 11 is 0. The van der Waals surface area contributed by atoms with Crippen molar-refractivity contribution in [3.8, 4) is 0 Å². The van der Waals surface area contributed by atoms with Gasteiger partial charge in [-0.2, -0.15) is 0 Å². The number of hydrogen-bond donors (Lipinski definition) is 0. The SMILES string of the molecule is O.O.O.[I-].[Rb+]. The van der Waals surface area contributed by atoms with Crippen LogP contribution in [0.4, 0.5) is 0 Å². The molecule has 3 nitrogen and oxygen atoms in total. The Morgan fingerprint density at radius 2 is 0.600 bits per heavy atom.